The molecule has 0 radical (unpaired) electrons. The van der Waals surface area contributed by atoms with E-state index < -0.39 is 29.8 Å². The second-order valence-electron chi connectivity index (χ2n) is 7.32. The number of rotatable bonds is 6. The van der Waals surface area contributed by atoms with E-state index in [2.05, 4.69) is 24.9 Å². The minimum atomic E-state index is -5.08. The molecule has 0 atom stereocenters. The molecular weight excluding hydrogens is 509 g/mol. The van der Waals surface area contributed by atoms with Gasteiger partial charge < -0.3 is 20.1 Å². The van der Waals surface area contributed by atoms with Crippen molar-refractivity contribution in [2.75, 3.05) is 0 Å². The molecule has 0 aliphatic rings. The highest BCUT2D eigenvalue weighted by Gasteiger charge is 2.38. The molecule has 4 aromatic rings. The summed E-state index contributed by atoms with van der Waals surface area (Å²) in [7, 11) is 0. The molecule has 0 bridgehead atoms. The summed E-state index contributed by atoms with van der Waals surface area (Å²) in [6.45, 7) is 0.699. The van der Waals surface area contributed by atoms with E-state index in [1.807, 2.05) is 0 Å². The Bertz CT molecular complexity index is 1420. The monoisotopic (exact) mass is 525 g/mol. The smallest absolute Gasteiger partial charge is 0.475 e. The number of nitrogens with two attached hydrogens (primary N) is 1. The fraction of sp³-hybridized carbons (Fsp3) is 0.190. The van der Waals surface area contributed by atoms with Crippen molar-refractivity contribution in [2.45, 2.75) is 25.4 Å². The maximum Gasteiger partial charge on any atom is 0.490 e. The first-order valence-electron chi connectivity index (χ1n) is 9.99. The zero-order valence-electron chi connectivity index (χ0n) is 18.6. The van der Waals surface area contributed by atoms with Crippen molar-refractivity contribution in [2.24, 2.45) is 5.73 Å². The van der Waals surface area contributed by atoms with Crippen molar-refractivity contribution in [3.05, 3.63) is 60.8 Å². The summed E-state index contributed by atoms with van der Waals surface area (Å²) < 4.78 is 66.9. The van der Waals surface area contributed by atoms with E-state index >= 15 is 0 Å². The number of aliphatic carboxylic acids is 1. The van der Waals surface area contributed by atoms with Gasteiger partial charge in [0.15, 0.2) is 5.75 Å². The van der Waals surface area contributed by atoms with Gasteiger partial charge in [0.1, 0.15) is 12.1 Å². The number of nitrogens with zero attached hydrogens (tertiary/aromatic N) is 6. The maximum atomic E-state index is 14.0. The summed E-state index contributed by atoms with van der Waals surface area (Å²) in [4.78, 5) is 39.8. The number of carboxylic acids is 1. The SMILES string of the molecule is CC(F)(F)c1nc(Oc2cncnc2)cc(-n2ccc3cnc(CC(N)=O)cc32)n1.O=C(O)C(F)(F)F. The molecule has 0 fully saturated rings. The van der Waals surface area contributed by atoms with Gasteiger partial charge in [-0.25, -0.2) is 19.7 Å². The summed E-state index contributed by atoms with van der Waals surface area (Å²) in [6, 6.07) is 4.81. The number of fused-ring (bicyclic) bond motifs is 1. The maximum absolute atomic E-state index is 14.0. The van der Waals surface area contributed by atoms with Gasteiger partial charge in [0.05, 0.1) is 30.0 Å². The fourth-order valence-electron chi connectivity index (χ4n) is 2.79. The average molecular weight is 525 g/mol. The Morgan fingerprint density at radius 1 is 1.08 bits per heavy atom. The Morgan fingerprint density at radius 3 is 2.30 bits per heavy atom. The van der Waals surface area contributed by atoms with E-state index in [-0.39, 0.29) is 23.9 Å². The lowest BCUT2D eigenvalue weighted by Gasteiger charge is -2.14. The van der Waals surface area contributed by atoms with Crippen LogP contribution in [-0.4, -0.2) is 52.6 Å². The molecule has 0 aromatic carbocycles. The van der Waals surface area contributed by atoms with E-state index in [1.54, 1.807) is 29.1 Å². The van der Waals surface area contributed by atoms with E-state index in [0.29, 0.717) is 18.1 Å². The topological polar surface area (TPSA) is 159 Å². The van der Waals surface area contributed by atoms with Crippen LogP contribution in [0.15, 0.2) is 49.3 Å². The number of primary amides is 1. The fourth-order valence-corrected chi connectivity index (χ4v) is 2.79. The number of carbonyl (C=O) groups excluding carboxylic acids is 1. The molecule has 1 amide bonds. The van der Waals surface area contributed by atoms with Crippen molar-refractivity contribution in [1.82, 2.24) is 29.5 Å². The lowest BCUT2D eigenvalue weighted by atomic mass is 10.2. The molecule has 0 aliphatic heterocycles. The zero-order chi connectivity index (χ0) is 27.4. The summed E-state index contributed by atoms with van der Waals surface area (Å²) >= 11 is 0. The number of hydrogen-bond acceptors (Lipinski definition) is 8. The van der Waals surface area contributed by atoms with Gasteiger partial charge in [-0.2, -0.15) is 26.9 Å². The predicted octanol–water partition coefficient (Wildman–Crippen LogP) is 3.17. The molecule has 0 spiro atoms. The van der Waals surface area contributed by atoms with Crippen molar-refractivity contribution in [3.8, 4) is 17.4 Å². The lowest BCUT2D eigenvalue weighted by Crippen LogP contribution is -2.21. The zero-order valence-corrected chi connectivity index (χ0v) is 18.6. The van der Waals surface area contributed by atoms with Crippen molar-refractivity contribution in [3.63, 3.8) is 0 Å². The average Bonchev–Trinajstić information content (AvgIpc) is 3.22. The largest absolute Gasteiger partial charge is 0.490 e. The molecule has 0 saturated carbocycles. The molecule has 4 aromatic heterocycles. The molecule has 194 valence electrons. The number of pyridine rings is 1. The second-order valence-corrected chi connectivity index (χ2v) is 7.32. The Hall–Kier alpha value is -4.76. The van der Waals surface area contributed by atoms with Crippen molar-refractivity contribution in [1.29, 1.82) is 0 Å². The number of hydrogen-bond donors (Lipinski definition) is 2. The lowest BCUT2D eigenvalue weighted by molar-refractivity contribution is -0.192. The highest BCUT2D eigenvalue weighted by molar-refractivity contribution is 5.83. The van der Waals surface area contributed by atoms with Crippen LogP contribution in [0, 0.1) is 0 Å². The van der Waals surface area contributed by atoms with E-state index in [0.717, 1.165) is 5.39 Å². The third-order valence-corrected chi connectivity index (χ3v) is 4.32. The molecule has 4 heterocycles. The molecule has 37 heavy (non-hydrogen) atoms. The number of halogens is 5. The summed E-state index contributed by atoms with van der Waals surface area (Å²) in [5, 5.41) is 7.85. The highest BCUT2D eigenvalue weighted by Crippen LogP contribution is 2.29. The second kappa shape index (κ2) is 10.5. The van der Waals surface area contributed by atoms with Crippen LogP contribution in [0.25, 0.3) is 16.7 Å². The Balaban J connectivity index is 0.000000479. The van der Waals surface area contributed by atoms with E-state index in [1.165, 1.54) is 24.8 Å². The molecule has 11 nitrogen and oxygen atoms in total. The molecule has 3 N–H and O–H groups in total. The third-order valence-electron chi connectivity index (χ3n) is 4.32. The number of ether oxygens (including phenoxy) is 1. The Labute approximate surface area is 203 Å². The third kappa shape index (κ3) is 7.12. The van der Waals surface area contributed by atoms with Gasteiger partial charge in [-0.15, -0.1) is 0 Å². The molecule has 4 rings (SSSR count). The molecular formula is C21H16F5N7O4. The van der Waals surface area contributed by atoms with Crippen LogP contribution in [0.4, 0.5) is 22.0 Å². The summed E-state index contributed by atoms with van der Waals surface area (Å²) in [6.07, 6.45) is 2.16. The van der Waals surface area contributed by atoms with Crippen LogP contribution in [0.5, 0.6) is 11.6 Å². The van der Waals surface area contributed by atoms with Gasteiger partial charge in [0.2, 0.25) is 17.6 Å². The van der Waals surface area contributed by atoms with Gasteiger partial charge >= 0.3 is 18.1 Å². The standard InChI is InChI=1S/C19H15F2N7O2.C2HF3O2/c1-19(20,21)18-26-16(6-17(27-18)30-13-8-23-10-24-9-13)28-3-2-11-7-25-12(4-14(11)28)5-15(22)29;3-2(4,5)1(6)7/h2-4,6-10H,5H2,1H3,(H2,22,29);(H,6,7). The van der Waals surface area contributed by atoms with E-state index in [9.17, 15) is 26.7 Å². The Kier molecular flexibility index (Phi) is 7.59. The highest BCUT2D eigenvalue weighted by atomic mass is 19.4. The van der Waals surface area contributed by atoms with Crippen LogP contribution in [0.2, 0.25) is 0 Å². The van der Waals surface area contributed by atoms with E-state index in [4.69, 9.17) is 20.4 Å². The predicted molar refractivity (Wildman–Crippen MR) is 115 cm³/mol. The van der Waals surface area contributed by atoms with Crippen LogP contribution >= 0.6 is 0 Å². The number of aromatic nitrogens is 6. The normalized spacial score (nSPS) is 11.5. The van der Waals surface area contributed by atoms with Crippen LogP contribution in [0.3, 0.4) is 0 Å². The van der Waals surface area contributed by atoms with Gasteiger partial charge in [-0.3, -0.25) is 9.78 Å². The number of carboxylic acid groups (broad SMARTS) is 1. The molecule has 0 saturated heterocycles. The van der Waals surface area contributed by atoms with Crippen LogP contribution < -0.4 is 10.5 Å². The first-order valence-corrected chi connectivity index (χ1v) is 9.99. The summed E-state index contributed by atoms with van der Waals surface area (Å²) in [5.74, 6) is -7.01. The molecule has 0 unspecified atom stereocenters. The molecule has 0 aliphatic carbocycles. The van der Waals surface area contributed by atoms with Crippen molar-refractivity contribution >= 4 is 22.8 Å². The quantitative estimate of drug-likeness (QED) is 0.361. The minimum Gasteiger partial charge on any atom is -0.475 e. The Morgan fingerprint density at radius 2 is 1.73 bits per heavy atom. The number of alkyl halides is 5. The van der Waals surface area contributed by atoms with Crippen molar-refractivity contribution < 1.29 is 41.4 Å². The van der Waals surface area contributed by atoms with Crippen LogP contribution in [-0.2, 0) is 21.9 Å². The van der Waals surface area contributed by atoms with Gasteiger partial charge in [-0.1, -0.05) is 0 Å². The molecule has 16 heteroatoms. The van der Waals surface area contributed by atoms with Gasteiger partial charge in [0, 0.05) is 30.8 Å². The van der Waals surface area contributed by atoms with Gasteiger partial charge in [0.25, 0.3) is 0 Å². The number of carbonyl (C=O) groups is 2. The van der Waals surface area contributed by atoms with Gasteiger partial charge in [-0.05, 0) is 12.1 Å². The first-order chi connectivity index (χ1) is 17.2. The first kappa shape index (κ1) is 26.8. The minimum absolute atomic E-state index is 0.0501. The summed E-state index contributed by atoms with van der Waals surface area (Å²) in [5.41, 5.74) is 6.30. The van der Waals surface area contributed by atoms with Crippen LogP contribution in [0.1, 0.15) is 18.4 Å². The number of amides is 1.